The van der Waals surface area contributed by atoms with Gasteiger partial charge < -0.3 is 10.0 Å². The summed E-state index contributed by atoms with van der Waals surface area (Å²) in [7, 11) is 0. The Morgan fingerprint density at radius 2 is 2.00 bits per heavy atom. The van der Waals surface area contributed by atoms with Gasteiger partial charge in [-0.15, -0.1) is 0 Å². The van der Waals surface area contributed by atoms with Crippen LogP contribution in [0.3, 0.4) is 0 Å². The van der Waals surface area contributed by atoms with Crippen LogP contribution in [0.1, 0.15) is 19.8 Å². The van der Waals surface area contributed by atoms with E-state index < -0.39 is 39.3 Å². The number of hydrogen-bond acceptors (Lipinski definition) is 4. The number of halogens is 2. The van der Waals surface area contributed by atoms with Gasteiger partial charge in [-0.25, -0.2) is 8.78 Å². The largest absolute Gasteiger partial charge is 0.481 e. The third kappa shape index (κ3) is 2.79. The monoisotopic (exact) mass is 300 g/mol. The number of non-ortho nitro benzene ring substituents is 1. The maximum Gasteiger partial charge on any atom is 0.311 e. The topological polar surface area (TPSA) is 83.7 Å². The Kier molecular flexibility index (Phi) is 3.80. The Labute approximate surface area is 119 Å². The Bertz CT molecular complexity index is 585. The number of nitro benzene ring substituents is 1. The number of carbonyl (C=O) groups is 1. The van der Waals surface area contributed by atoms with Gasteiger partial charge in [0.15, 0.2) is 11.6 Å². The van der Waals surface area contributed by atoms with E-state index in [9.17, 15) is 28.8 Å². The van der Waals surface area contributed by atoms with Crippen molar-refractivity contribution in [1.82, 2.24) is 0 Å². The summed E-state index contributed by atoms with van der Waals surface area (Å²) in [5, 5.41) is 19.8. The highest BCUT2D eigenvalue weighted by Gasteiger charge is 2.39. The van der Waals surface area contributed by atoms with Crippen LogP contribution in [-0.4, -0.2) is 29.1 Å². The van der Waals surface area contributed by atoms with Gasteiger partial charge in [0.25, 0.3) is 5.69 Å². The molecule has 0 aromatic heterocycles. The predicted octanol–water partition coefficient (Wildman–Crippen LogP) is 2.56. The van der Waals surface area contributed by atoms with Gasteiger partial charge >= 0.3 is 5.97 Å². The van der Waals surface area contributed by atoms with Gasteiger partial charge in [0.05, 0.1) is 22.5 Å². The van der Waals surface area contributed by atoms with Crippen molar-refractivity contribution in [2.24, 2.45) is 5.41 Å². The zero-order chi connectivity index (χ0) is 15.8. The summed E-state index contributed by atoms with van der Waals surface area (Å²) in [5.74, 6) is -3.15. The average Bonchev–Trinajstić information content (AvgIpc) is 2.37. The van der Waals surface area contributed by atoms with E-state index in [2.05, 4.69) is 0 Å². The van der Waals surface area contributed by atoms with Crippen LogP contribution in [0.2, 0.25) is 0 Å². The molecule has 1 unspecified atom stereocenters. The molecule has 0 spiro atoms. The minimum absolute atomic E-state index is 0.0476. The second-order valence-electron chi connectivity index (χ2n) is 5.41. The van der Waals surface area contributed by atoms with Crippen molar-refractivity contribution in [3.63, 3.8) is 0 Å². The van der Waals surface area contributed by atoms with E-state index in [4.69, 9.17) is 0 Å². The third-order valence-electron chi connectivity index (χ3n) is 3.74. The van der Waals surface area contributed by atoms with Gasteiger partial charge in [-0.05, 0) is 19.8 Å². The lowest BCUT2D eigenvalue weighted by molar-refractivity contribution is -0.385. The van der Waals surface area contributed by atoms with Crippen LogP contribution in [0.5, 0.6) is 0 Å². The molecule has 6 nitrogen and oxygen atoms in total. The second kappa shape index (κ2) is 5.27. The number of piperidine rings is 1. The van der Waals surface area contributed by atoms with E-state index in [1.807, 2.05) is 0 Å². The fourth-order valence-electron chi connectivity index (χ4n) is 2.56. The number of carboxylic acids is 1. The van der Waals surface area contributed by atoms with Crippen molar-refractivity contribution in [3.8, 4) is 0 Å². The average molecular weight is 300 g/mol. The van der Waals surface area contributed by atoms with Crippen molar-refractivity contribution in [1.29, 1.82) is 0 Å². The molecule has 2 rings (SSSR count). The molecule has 1 N–H and O–H groups in total. The van der Waals surface area contributed by atoms with Crippen LogP contribution in [0.15, 0.2) is 12.1 Å². The van der Waals surface area contributed by atoms with E-state index in [0.717, 1.165) is 0 Å². The SMILES string of the molecule is CC1(C(=O)O)CCCN(c2c(F)cc([N+](=O)[O-])cc2F)C1. The van der Waals surface area contributed by atoms with Crippen molar-refractivity contribution in [2.75, 3.05) is 18.0 Å². The first-order valence-electron chi connectivity index (χ1n) is 6.36. The standard InChI is InChI=1S/C13H14F2N2O4/c1-13(12(18)19)3-2-4-16(7-13)11-9(14)5-8(17(20)21)6-10(11)15/h5-6H,2-4,7H2,1H3,(H,18,19). The Hall–Kier alpha value is -2.25. The molecule has 1 aromatic rings. The fourth-order valence-corrected chi connectivity index (χ4v) is 2.56. The second-order valence-corrected chi connectivity index (χ2v) is 5.41. The zero-order valence-corrected chi connectivity index (χ0v) is 11.3. The highest BCUT2D eigenvalue weighted by Crippen LogP contribution is 2.36. The summed E-state index contributed by atoms with van der Waals surface area (Å²) in [6.45, 7) is 1.77. The fraction of sp³-hybridized carbons (Fsp3) is 0.462. The lowest BCUT2D eigenvalue weighted by Crippen LogP contribution is -2.46. The molecule has 1 fully saturated rings. The molecule has 1 atom stereocenters. The van der Waals surface area contributed by atoms with Gasteiger partial charge in [0, 0.05) is 13.1 Å². The molecule has 1 saturated heterocycles. The number of rotatable bonds is 3. The molecule has 0 aliphatic carbocycles. The van der Waals surface area contributed by atoms with Crippen LogP contribution in [-0.2, 0) is 4.79 Å². The first kappa shape index (κ1) is 15.1. The van der Waals surface area contributed by atoms with Crippen molar-refractivity contribution >= 4 is 17.3 Å². The number of nitrogens with zero attached hydrogens (tertiary/aromatic N) is 2. The minimum Gasteiger partial charge on any atom is -0.481 e. The summed E-state index contributed by atoms with van der Waals surface area (Å²) in [4.78, 5) is 22.2. The van der Waals surface area contributed by atoms with Crippen molar-refractivity contribution in [2.45, 2.75) is 19.8 Å². The first-order valence-corrected chi connectivity index (χ1v) is 6.36. The van der Waals surface area contributed by atoms with Crippen molar-refractivity contribution in [3.05, 3.63) is 33.9 Å². The van der Waals surface area contributed by atoms with Gasteiger partial charge in [-0.2, -0.15) is 0 Å². The normalized spacial score (nSPS) is 22.1. The number of hydrogen-bond donors (Lipinski definition) is 1. The first-order chi connectivity index (χ1) is 9.74. The quantitative estimate of drug-likeness (QED) is 0.685. The molecule has 1 aromatic carbocycles. The summed E-state index contributed by atoms with van der Waals surface area (Å²) in [6.07, 6.45) is 0.883. The zero-order valence-electron chi connectivity index (χ0n) is 11.3. The molecule has 8 heteroatoms. The van der Waals surface area contributed by atoms with Gasteiger partial charge in [-0.1, -0.05) is 0 Å². The van der Waals surface area contributed by atoms with Crippen LogP contribution in [0.25, 0.3) is 0 Å². The van der Waals surface area contributed by atoms with E-state index in [-0.39, 0.29) is 6.54 Å². The maximum atomic E-state index is 14.0. The summed E-state index contributed by atoms with van der Waals surface area (Å²) in [6, 6.07) is 1.29. The molecule has 0 amide bonds. The van der Waals surface area contributed by atoms with E-state index in [1.165, 1.54) is 11.8 Å². The number of aliphatic carboxylic acids is 1. The maximum absolute atomic E-state index is 14.0. The molecule has 21 heavy (non-hydrogen) atoms. The minimum atomic E-state index is -1.10. The molecule has 114 valence electrons. The van der Waals surface area contributed by atoms with E-state index in [1.54, 1.807) is 0 Å². The Balaban J connectivity index is 2.38. The molecule has 1 aliphatic rings. The highest BCUT2D eigenvalue weighted by molar-refractivity contribution is 5.75. The summed E-state index contributed by atoms with van der Waals surface area (Å²) >= 11 is 0. The van der Waals surface area contributed by atoms with Crippen LogP contribution in [0.4, 0.5) is 20.2 Å². The van der Waals surface area contributed by atoms with E-state index in [0.29, 0.717) is 31.5 Å². The number of carboxylic acid groups (broad SMARTS) is 1. The van der Waals surface area contributed by atoms with Gasteiger partial charge in [-0.3, -0.25) is 14.9 Å². The molecule has 0 bridgehead atoms. The Morgan fingerprint density at radius 3 is 2.48 bits per heavy atom. The molecule has 0 saturated carbocycles. The molecule has 1 aliphatic heterocycles. The molecule has 0 radical (unpaired) electrons. The van der Waals surface area contributed by atoms with Crippen LogP contribution < -0.4 is 4.90 Å². The van der Waals surface area contributed by atoms with Crippen LogP contribution in [0, 0.1) is 27.2 Å². The summed E-state index contributed by atoms with van der Waals surface area (Å²) < 4.78 is 28.0. The predicted molar refractivity (Wildman–Crippen MR) is 70.2 cm³/mol. The van der Waals surface area contributed by atoms with Crippen molar-refractivity contribution < 1.29 is 23.6 Å². The molecular formula is C13H14F2N2O4. The Morgan fingerprint density at radius 1 is 1.43 bits per heavy atom. The smallest absolute Gasteiger partial charge is 0.311 e. The number of nitro groups is 1. The van der Waals surface area contributed by atoms with E-state index >= 15 is 0 Å². The lowest BCUT2D eigenvalue weighted by Gasteiger charge is -2.38. The number of anilines is 1. The van der Waals surface area contributed by atoms with Gasteiger partial charge in [0.1, 0.15) is 5.69 Å². The molecular weight excluding hydrogens is 286 g/mol. The summed E-state index contributed by atoms with van der Waals surface area (Å²) in [5.41, 5.74) is -2.18. The lowest BCUT2D eigenvalue weighted by atomic mass is 9.82. The number of benzene rings is 1. The highest BCUT2D eigenvalue weighted by atomic mass is 19.1. The molecule has 1 heterocycles. The van der Waals surface area contributed by atoms with Gasteiger partial charge in [0.2, 0.25) is 0 Å². The third-order valence-corrected chi connectivity index (χ3v) is 3.74. The van der Waals surface area contributed by atoms with Crippen LogP contribution >= 0.6 is 0 Å².